The first-order valence-electron chi connectivity index (χ1n) is 7.55. The fourth-order valence-electron chi connectivity index (χ4n) is 3.26. The van der Waals surface area contributed by atoms with E-state index in [1.165, 1.54) is 0 Å². The molecule has 2 saturated heterocycles. The zero-order valence-electron chi connectivity index (χ0n) is 12.4. The van der Waals surface area contributed by atoms with E-state index in [-0.39, 0.29) is 12.1 Å². The van der Waals surface area contributed by atoms with Crippen LogP contribution in [0.4, 0.5) is 4.79 Å². The van der Waals surface area contributed by atoms with E-state index in [4.69, 9.17) is 9.47 Å². The lowest BCUT2D eigenvalue weighted by atomic mass is 9.91. The van der Waals surface area contributed by atoms with Crippen LogP contribution in [-0.2, 0) is 11.3 Å². The van der Waals surface area contributed by atoms with Crippen LogP contribution in [0.1, 0.15) is 18.4 Å². The molecule has 114 valence electrons. The van der Waals surface area contributed by atoms with Gasteiger partial charge in [-0.15, -0.1) is 0 Å². The zero-order chi connectivity index (χ0) is 14.7. The van der Waals surface area contributed by atoms with Crippen molar-refractivity contribution in [3.8, 4) is 5.75 Å². The van der Waals surface area contributed by atoms with E-state index in [0.717, 1.165) is 37.2 Å². The van der Waals surface area contributed by atoms with Crippen LogP contribution in [0.3, 0.4) is 0 Å². The molecule has 1 amide bonds. The minimum Gasteiger partial charge on any atom is -0.496 e. The molecule has 2 aliphatic heterocycles. The first-order chi connectivity index (χ1) is 10.3. The average molecular weight is 290 g/mol. The van der Waals surface area contributed by atoms with Crippen LogP contribution in [0.5, 0.6) is 5.75 Å². The number of rotatable bonds is 4. The maximum atomic E-state index is 12.1. The minimum atomic E-state index is -0.212. The van der Waals surface area contributed by atoms with Crippen molar-refractivity contribution in [3.63, 3.8) is 0 Å². The average Bonchev–Trinajstić information content (AvgIpc) is 2.90. The van der Waals surface area contributed by atoms with E-state index in [1.807, 2.05) is 29.2 Å². The third-order valence-corrected chi connectivity index (χ3v) is 4.42. The molecule has 2 unspecified atom stereocenters. The number of amides is 1. The van der Waals surface area contributed by atoms with Crippen molar-refractivity contribution < 1.29 is 14.3 Å². The second-order valence-corrected chi connectivity index (χ2v) is 5.69. The normalized spacial score (nSPS) is 25.8. The predicted molar refractivity (Wildman–Crippen MR) is 79.3 cm³/mol. The molecule has 2 aliphatic rings. The number of hydrogen-bond acceptors (Lipinski definition) is 4. The Morgan fingerprint density at radius 3 is 3.05 bits per heavy atom. The Kier molecular flexibility index (Phi) is 4.29. The summed E-state index contributed by atoms with van der Waals surface area (Å²) in [6.45, 7) is 3.08. The topological polar surface area (TPSA) is 50.8 Å². The Labute approximate surface area is 125 Å². The monoisotopic (exact) mass is 290 g/mol. The van der Waals surface area contributed by atoms with Gasteiger partial charge in [-0.05, 0) is 31.4 Å². The van der Waals surface area contributed by atoms with E-state index < -0.39 is 0 Å². The summed E-state index contributed by atoms with van der Waals surface area (Å²) in [7, 11) is 1.66. The third-order valence-electron chi connectivity index (χ3n) is 4.42. The van der Waals surface area contributed by atoms with Gasteiger partial charge in [0.15, 0.2) is 0 Å². The van der Waals surface area contributed by atoms with Gasteiger partial charge in [-0.25, -0.2) is 4.79 Å². The van der Waals surface area contributed by atoms with Gasteiger partial charge >= 0.3 is 6.09 Å². The molecule has 0 aliphatic carbocycles. The lowest BCUT2D eigenvalue weighted by Gasteiger charge is -2.32. The van der Waals surface area contributed by atoms with Crippen LogP contribution in [0, 0.1) is 5.92 Å². The van der Waals surface area contributed by atoms with E-state index in [2.05, 4.69) is 5.32 Å². The van der Waals surface area contributed by atoms with Crippen LogP contribution in [0.25, 0.3) is 0 Å². The smallest absolute Gasteiger partial charge is 0.410 e. The highest BCUT2D eigenvalue weighted by atomic mass is 16.6. The fourth-order valence-corrected chi connectivity index (χ4v) is 3.26. The van der Waals surface area contributed by atoms with E-state index in [9.17, 15) is 4.79 Å². The molecule has 0 radical (unpaired) electrons. The highest BCUT2D eigenvalue weighted by Crippen LogP contribution is 2.28. The maximum Gasteiger partial charge on any atom is 0.410 e. The predicted octanol–water partition coefficient (Wildman–Crippen LogP) is 2.02. The van der Waals surface area contributed by atoms with Gasteiger partial charge in [0.05, 0.1) is 19.7 Å². The summed E-state index contributed by atoms with van der Waals surface area (Å²) in [5.41, 5.74) is 1.02. The van der Waals surface area contributed by atoms with Crippen molar-refractivity contribution >= 4 is 6.09 Å². The summed E-state index contributed by atoms with van der Waals surface area (Å²) >= 11 is 0. The molecule has 1 aromatic carbocycles. The summed E-state index contributed by atoms with van der Waals surface area (Å²) in [6.07, 6.45) is 2.10. The van der Waals surface area contributed by atoms with Gasteiger partial charge in [-0.3, -0.25) is 4.90 Å². The summed E-state index contributed by atoms with van der Waals surface area (Å²) < 4.78 is 10.7. The highest BCUT2D eigenvalue weighted by molar-refractivity contribution is 5.70. The molecular formula is C16H22N2O3. The standard InChI is InChI=1S/C16H22N2O3/c1-20-15-7-3-2-5-13(15)10-18-14(11-21-16(18)19)12-6-4-8-17-9-12/h2-3,5,7,12,14,17H,4,6,8-11H2,1H3. The summed E-state index contributed by atoms with van der Waals surface area (Å²) in [6, 6.07) is 7.99. The number of ether oxygens (including phenoxy) is 2. The van der Waals surface area contributed by atoms with E-state index in [0.29, 0.717) is 19.1 Å². The second kappa shape index (κ2) is 6.35. The Morgan fingerprint density at radius 1 is 1.43 bits per heavy atom. The number of carbonyl (C=O) groups is 1. The molecular weight excluding hydrogens is 268 g/mol. The molecule has 1 N–H and O–H groups in total. The fraction of sp³-hybridized carbons (Fsp3) is 0.562. The van der Waals surface area contributed by atoms with Crippen molar-refractivity contribution in [2.24, 2.45) is 5.92 Å². The summed E-state index contributed by atoms with van der Waals surface area (Å²) in [5.74, 6) is 1.29. The molecule has 0 saturated carbocycles. The summed E-state index contributed by atoms with van der Waals surface area (Å²) in [4.78, 5) is 13.9. The van der Waals surface area contributed by atoms with Crippen LogP contribution < -0.4 is 10.1 Å². The lowest BCUT2D eigenvalue weighted by molar-refractivity contribution is 0.151. The second-order valence-electron chi connectivity index (χ2n) is 5.69. The SMILES string of the molecule is COc1ccccc1CN1C(=O)OCC1C1CCCNC1. The molecule has 1 aromatic rings. The summed E-state index contributed by atoms with van der Waals surface area (Å²) in [5, 5.41) is 3.42. The van der Waals surface area contributed by atoms with Crippen LogP contribution >= 0.6 is 0 Å². The largest absolute Gasteiger partial charge is 0.496 e. The number of hydrogen-bond donors (Lipinski definition) is 1. The molecule has 2 atom stereocenters. The van der Waals surface area contributed by atoms with Crippen LogP contribution in [0.15, 0.2) is 24.3 Å². The molecule has 0 spiro atoms. The maximum absolute atomic E-state index is 12.1. The van der Waals surface area contributed by atoms with E-state index in [1.54, 1.807) is 7.11 Å². The van der Waals surface area contributed by atoms with Crippen LogP contribution in [-0.4, -0.2) is 43.8 Å². The number of cyclic esters (lactones) is 1. The number of nitrogens with one attached hydrogen (secondary N) is 1. The third kappa shape index (κ3) is 2.97. The van der Waals surface area contributed by atoms with Gasteiger partial charge in [0, 0.05) is 12.1 Å². The van der Waals surface area contributed by atoms with Gasteiger partial charge < -0.3 is 14.8 Å². The number of para-hydroxylation sites is 1. The Balaban J connectivity index is 1.76. The van der Waals surface area contributed by atoms with Gasteiger partial charge in [0.25, 0.3) is 0 Å². The Morgan fingerprint density at radius 2 is 2.29 bits per heavy atom. The van der Waals surface area contributed by atoms with Gasteiger partial charge in [-0.2, -0.15) is 0 Å². The minimum absolute atomic E-state index is 0.162. The Hall–Kier alpha value is -1.75. The number of methoxy groups -OCH3 is 1. The van der Waals surface area contributed by atoms with Crippen molar-refractivity contribution in [3.05, 3.63) is 29.8 Å². The number of benzene rings is 1. The van der Waals surface area contributed by atoms with E-state index >= 15 is 0 Å². The molecule has 2 fully saturated rings. The van der Waals surface area contributed by atoms with Gasteiger partial charge in [0.1, 0.15) is 12.4 Å². The zero-order valence-corrected chi connectivity index (χ0v) is 12.4. The molecule has 2 heterocycles. The molecule has 5 heteroatoms. The molecule has 0 bridgehead atoms. The molecule has 21 heavy (non-hydrogen) atoms. The molecule has 5 nitrogen and oxygen atoms in total. The number of carbonyl (C=O) groups excluding carboxylic acids is 1. The van der Waals surface area contributed by atoms with Gasteiger partial charge in [-0.1, -0.05) is 18.2 Å². The quantitative estimate of drug-likeness (QED) is 0.921. The van der Waals surface area contributed by atoms with Crippen molar-refractivity contribution in [2.75, 3.05) is 26.8 Å². The van der Waals surface area contributed by atoms with Crippen molar-refractivity contribution in [2.45, 2.75) is 25.4 Å². The van der Waals surface area contributed by atoms with Gasteiger partial charge in [0.2, 0.25) is 0 Å². The van der Waals surface area contributed by atoms with Crippen molar-refractivity contribution in [1.29, 1.82) is 0 Å². The highest BCUT2D eigenvalue weighted by Gasteiger charge is 2.38. The first kappa shape index (κ1) is 14.2. The lowest BCUT2D eigenvalue weighted by Crippen LogP contribution is -2.45. The number of nitrogens with zero attached hydrogens (tertiary/aromatic N) is 1. The first-order valence-corrected chi connectivity index (χ1v) is 7.55. The molecule has 3 rings (SSSR count). The Bertz CT molecular complexity index is 500. The van der Waals surface area contributed by atoms with Crippen molar-refractivity contribution in [1.82, 2.24) is 10.2 Å². The van der Waals surface area contributed by atoms with Crippen LogP contribution in [0.2, 0.25) is 0 Å². The number of piperidine rings is 1. The molecule has 0 aromatic heterocycles.